The van der Waals surface area contributed by atoms with Crippen LogP contribution in [0.2, 0.25) is 0 Å². The second kappa shape index (κ2) is 10.5. The van der Waals surface area contributed by atoms with E-state index in [0.29, 0.717) is 51.2 Å². The molecule has 1 aromatic carbocycles. The van der Waals surface area contributed by atoms with E-state index >= 15 is 0 Å². The van der Waals surface area contributed by atoms with E-state index in [1.54, 1.807) is 18.2 Å². The van der Waals surface area contributed by atoms with Crippen molar-refractivity contribution in [2.75, 3.05) is 46.0 Å². The minimum absolute atomic E-state index is 0.113. The van der Waals surface area contributed by atoms with Gasteiger partial charge >= 0.3 is 0 Å². The minimum Gasteiger partial charge on any atom is -0.379 e. The summed E-state index contributed by atoms with van der Waals surface area (Å²) in [4.78, 5) is 19.6. The molecular formula is C23H34N4O5S. The number of aromatic nitrogens is 2. The molecule has 0 radical (unpaired) electrons. The highest BCUT2D eigenvalue weighted by Gasteiger charge is 2.27. The first-order valence-corrected chi connectivity index (χ1v) is 13.3. The third-order valence-corrected chi connectivity index (χ3v) is 8.30. The van der Waals surface area contributed by atoms with E-state index in [1.807, 2.05) is 16.5 Å². The van der Waals surface area contributed by atoms with E-state index in [0.717, 1.165) is 43.8 Å². The highest BCUT2D eigenvalue weighted by molar-refractivity contribution is 7.89. The molecule has 4 rings (SSSR count). The maximum Gasteiger partial charge on any atom is 0.243 e. The normalized spacial score (nSPS) is 20.4. The van der Waals surface area contributed by atoms with E-state index in [4.69, 9.17) is 9.47 Å². The van der Waals surface area contributed by atoms with Crippen LogP contribution in [0, 0.1) is 0 Å². The number of hydrogen-bond acceptors (Lipinski definition) is 6. The van der Waals surface area contributed by atoms with Gasteiger partial charge in [-0.25, -0.2) is 13.4 Å². The first kappa shape index (κ1) is 24.1. The molecule has 33 heavy (non-hydrogen) atoms. The number of carbonyl (C=O) groups excluding carboxylic acids is 1. The van der Waals surface area contributed by atoms with Gasteiger partial charge in [0.25, 0.3) is 0 Å². The molecule has 2 fully saturated rings. The summed E-state index contributed by atoms with van der Waals surface area (Å²) in [6.45, 7) is 5.78. The van der Waals surface area contributed by atoms with Gasteiger partial charge in [0.1, 0.15) is 5.82 Å². The van der Waals surface area contributed by atoms with Crippen molar-refractivity contribution in [1.82, 2.24) is 18.8 Å². The number of benzene rings is 1. The molecule has 1 aromatic heterocycles. The summed E-state index contributed by atoms with van der Waals surface area (Å²) in [5, 5.41) is 0. The molecule has 0 aliphatic carbocycles. The van der Waals surface area contributed by atoms with Crippen LogP contribution in [0.4, 0.5) is 0 Å². The third kappa shape index (κ3) is 5.40. The summed E-state index contributed by atoms with van der Waals surface area (Å²) in [6.07, 6.45) is 3.96. The summed E-state index contributed by atoms with van der Waals surface area (Å²) in [5.41, 5.74) is 1.48. The number of hydrogen-bond donors (Lipinski definition) is 0. The number of ether oxygens (including phenoxy) is 2. The molecule has 10 heteroatoms. The van der Waals surface area contributed by atoms with Crippen LogP contribution in [0.1, 0.15) is 38.4 Å². The summed E-state index contributed by atoms with van der Waals surface area (Å²) < 4.78 is 40.5. The zero-order valence-electron chi connectivity index (χ0n) is 19.5. The largest absolute Gasteiger partial charge is 0.379 e. The van der Waals surface area contributed by atoms with Gasteiger partial charge in [0.2, 0.25) is 15.9 Å². The lowest BCUT2D eigenvalue weighted by atomic mass is 10.1. The SMILES string of the molecule is CCCOC1CCCN(C(=O)CCc2nc3cc(S(=O)(=O)N4CCOCC4)ccc3n2C)C1. The first-order valence-electron chi connectivity index (χ1n) is 11.8. The lowest BCUT2D eigenvalue weighted by molar-refractivity contribution is -0.135. The number of carbonyl (C=O) groups is 1. The molecule has 2 aliphatic heterocycles. The maximum atomic E-state index is 13.0. The number of imidazole rings is 1. The molecule has 1 atom stereocenters. The van der Waals surface area contributed by atoms with Crippen LogP contribution in [0.5, 0.6) is 0 Å². The fourth-order valence-corrected chi connectivity index (χ4v) is 5.94. The predicted octanol–water partition coefficient (Wildman–Crippen LogP) is 1.94. The quantitative estimate of drug-likeness (QED) is 0.576. The summed E-state index contributed by atoms with van der Waals surface area (Å²) in [7, 11) is -1.67. The van der Waals surface area contributed by atoms with Gasteiger partial charge in [-0.15, -0.1) is 0 Å². The van der Waals surface area contributed by atoms with Crippen molar-refractivity contribution >= 4 is 27.0 Å². The van der Waals surface area contributed by atoms with Gasteiger partial charge in [-0.05, 0) is 37.5 Å². The van der Waals surface area contributed by atoms with Crippen molar-refractivity contribution in [3.8, 4) is 0 Å². The van der Waals surface area contributed by atoms with Crippen molar-refractivity contribution in [2.24, 2.45) is 7.05 Å². The van der Waals surface area contributed by atoms with E-state index in [2.05, 4.69) is 11.9 Å². The van der Waals surface area contributed by atoms with E-state index in [9.17, 15) is 13.2 Å². The number of rotatable bonds is 8. The Labute approximate surface area is 195 Å². The molecule has 2 aromatic rings. The Morgan fingerprint density at radius 2 is 2.03 bits per heavy atom. The van der Waals surface area contributed by atoms with Crippen LogP contribution in [0.25, 0.3) is 11.0 Å². The number of morpholine rings is 1. The van der Waals surface area contributed by atoms with Gasteiger partial charge in [-0.2, -0.15) is 4.31 Å². The zero-order valence-corrected chi connectivity index (χ0v) is 20.3. The number of amides is 1. The molecule has 1 unspecified atom stereocenters. The molecule has 0 saturated carbocycles. The van der Waals surface area contributed by atoms with Gasteiger partial charge in [-0.1, -0.05) is 6.92 Å². The van der Waals surface area contributed by atoms with Crippen molar-refractivity contribution in [1.29, 1.82) is 0 Å². The number of nitrogens with zero attached hydrogens (tertiary/aromatic N) is 4. The Kier molecular flexibility index (Phi) is 7.68. The average Bonchev–Trinajstić information content (AvgIpc) is 3.16. The van der Waals surface area contributed by atoms with Crippen LogP contribution < -0.4 is 0 Å². The van der Waals surface area contributed by atoms with Crippen molar-refractivity contribution in [3.63, 3.8) is 0 Å². The number of piperidine rings is 1. The Bertz CT molecular complexity index is 1080. The second-order valence-electron chi connectivity index (χ2n) is 8.73. The van der Waals surface area contributed by atoms with Crippen molar-refractivity contribution in [2.45, 2.75) is 50.0 Å². The molecule has 2 saturated heterocycles. The average molecular weight is 479 g/mol. The lowest BCUT2D eigenvalue weighted by Crippen LogP contribution is -2.43. The number of sulfonamides is 1. The van der Waals surface area contributed by atoms with Crippen LogP contribution >= 0.6 is 0 Å². The highest BCUT2D eigenvalue weighted by Crippen LogP contribution is 2.24. The van der Waals surface area contributed by atoms with Crippen LogP contribution in [0.3, 0.4) is 0 Å². The third-order valence-electron chi connectivity index (χ3n) is 6.40. The Morgan fingerprint density at radius 1 is 1.24 bits per heavy atom. The van der Waals surface area contributed by atoms with E-state index < -0.39 is 10.0 Å². The van der Waals surface area contributed by atoms with Crippen LogP contribution in [0.15, 0.2) is 23.1 Å². The van der Waals surface area contributed by atoms with E-state index in [-0.39, 0.29) is 16.9 Å². The maximum absolute atomic E-state index is 13.0. The summed E-state index contributed by atoms with van der Waals surface area (Å²) in [5.74, 6) is 0.887. The predicted molar refractivity (Wildman–Crippen MR) is 124 cm³/mol. The molecule has 0 bridgehead atoms. The molecular weight excluding hydrogens is 444 g/mol. The lowest BCUT2D eigenvalue weighted by Gasteiger charge is -2.32. The minimum atomic E-state index is -3.58. The fourth-order valence-electron chi connectivity index (χ4n) is 4.51. The second-order valence-corrected chi connectivity index (χ2v) is 10.7. The van der Waals surface area contributed by atoms with Gasteiger partial charge < -0.3 is 18.9 Å². The van der Waals surface area contributed by atoms with Crippen molar-refractivity contribution in [3.05, 3.63) is 24.0 Å². The summed E-state index contributed by atoms with van der Waals surface area (Å²) >= 11 is 0. The topological polar surface area (TPSA) is 94.0 Å². The van der Waals surface area contributed by atoms with Crippen LogP contribution in [-0.2, 0) is 37.8 Å². The Morgan fingerprint density at radius 3 is 2.79 bits per heavy atom. The zero-order chi connectivity index (χ0) is 23.4. The molecule has 0 spiro atoms. The molecule has 3 heterocycles. The first-order chi connectivity index (χ1) is 15.9. The summed E-state index contributed by atoms with van der Waals surface area (Å²) in [6, 6.07) is 5.06. The number of aryl methyl sites for hydroxylation is 2. The molecule has 182 valence electrons. The highest BCUT2D eigenvalue weighted by atomic mass is 32.2. The van der Waals surface area contributed by atoms with Gasteiger partial charge in [0.05, 0.1) is 35.2 Å². The monoisotopic (exact) mass is 478 g/mol. The van der Waals surface area contributed by atoms with E-state index in [1.165, 1.54) is 4.31 Å². The Hall–Kier alpha value is -2.01. The van der Waals surface area contributed by atoms with Gasteiger partial charge in [0, 0.05) is 52.7 Å². The standard InChI is InChI=1S/C23H34N4O5S/c1-3-13-32-18-5-4-10-26(17-18)23(28)9-8-22-24-20-16-19(6-7-21(20)25(22)2)33(29,30)27-11-14-31-15-12-27/h6-7,16,18H,3-5,8-15,17H2,1-2H3. The Balaban J connectivity index is 1.43. The van der Waals surface area contributed by atoms with Gasteiger partial charge in [0.15, 0.2) is 0 Å². The molecule has 1 amide bonds. The number of likely N-dealkylation sites (tertiary alicyclic amines) is 1. The number of fused-ring (bicyclic) bond motifs is 1. The molecule has 2 aliphatic rings. The molecule has 0 N–H and O–H groups in total. The molecule has 9 nitrogen and oxygen atoms in total. The van der Waals surface area contributed by atoms with Crippen LogP contribution in [-0.4, -0.2) is 85.2 Å². The fraction of sp³-hybridized carbons (Fsp3) is 0.652. The van der Waals surface area contributed by atoms with Gasteiger partial charge in [-0.3, -0.25) is 4.79 Å². The van der Waals surface area contributed by atoms with Crippen molar-refractivity contribution < 1.29 is 22.7 Å². The smallest absolute Gasteiger partial charge is 0.243 e.